The van der Waals surface area contributed by atoms with Crippen LogP contribution in [0, 0.1) is 13.1 Å². The third-order valence-corrected chi connectivity index (χ3v) is 0.324. The zero-order valence-electron chi connectivity index (χ0n) is 3.31. The van der Waals surface area contributed by atoms with Crippen molar-refractivity contribution in [2.75, 3.05) is 13.1 Å². The predicted molar refractivity (Wildman–Crippen MR) is 22.9 cm³/mol. The Morgan fingerprint density at radius 1 is 1.00 bits per heavy atom. The van der Waals surface area contributed by atoms with Gasteiger partial charge in [0.15, 0.2) is 0 Å². The van der Waals surface area contributed by atoms with E-state index in [0.717, 1.165) is 0 Å². The van der Waals surface area contributed by atoms with Crippen LogP contribution in [-0.2, 0) is 0 Å². The molecule has 0 saturated heterocycles. The number of hydrogen-bond donors (Lipinski definition) is 0. The SMILES string of the molecule is [C-]#[N+]CC[N+]#[C-]. The normalized spacial score (nSPS) is 5.67. The second-order valence-corrected chi connectivity index (χ2v) is 0.763. The number of rotatable bonds is 1. The lowest BCUT2D eigenvalue weighted by atomic mass is 10.7. The fourth-order valence-electron chi connectivity index (χ4n) is 0.1000. The summed E-state index contributed by atoms with van der Waals surface area (Å²) >= 11 is 0. The van der Waals surface area contributed by atoms with Gasteiger partial charge in [-0.1, -0.05) is 0 Å². The van der Waals surface area contributed by atoms with Gasteiger partial charge < -0.3 is 9.69 Å². The molecule has 0 saturated carbocycles. The molecule has 0 heterocycles. The minimum Gasteiger partial charge on any atom is -0.309 e. The molecule has 0 atom stereocenters. The molecule has 2 nitrogen and oxygen atoms in total. The second-order valence-electron chi connectivity index (χ2n) is 0.763. The third kappa shape index (κ3) is 2.98. The highest BCUT2D eigenvalue weighted by atomic mass is 14.7. The van der Waals surface area contributed by atoms with Gasteiger partial charge >= 0.3 is 0 Å². The van der Waals surface area contributed by atoms with Gasteiger partial charge in [0.2, 0.25) is 0 Å². The van der Waals surface area contributed by atoms with E-state index >= 15 is 0 Å². The molecule has 0 aliphatic carbocycles. The van der Waals surface area contributed by atoms with E-state index in [1.807, 2.05) is 0 Å². The van der Waals surface area contributed by atoms with Gasteiger partial charge in [0.1, 0.15) is 0 Å². The Morgan fingerprint density at radius 2 is 1.33 bits per heavy atom. The highest BCUT2D eigenvalue weighted by Crippen LogP contribution is 1.66. The highest BCUT2D eigenvalue weighted by Gasteiger charge is 1.80. The quantitative estimate of drug-likeness (QED) is 0.326. The van der Waals surface area contributed by atoms with Crippen molar-refractivity contribution in [1.29, 1.82) is 0 Å². The van der Waals surface area contributed by atoms with Crippen molar-refractivity contribution in [3.8, 4) is 0 Å². The zero-order chi connectivity index (χ0) is 4.83. The van der Waals surface area contributed by atoms with Crippen LogP contribution in [0.25, 0.3) is 9.69 Å². The molecule has 0 N–H and O–H groups in total. The van der Waals surface area contributed by atoms with Gasteiger partial charge in [-0.25, -0.2) is 13.1 Å². The first-order valence-corrected chi connectivity index (χ1v) is 1.58. The van der Waals surface area contributed by atoms with Crippen LogP contribution < -0.4 is 0 Å². The van der Waals surface area contributed by atoms with Crippen LogP contribution in [0.4, 0.5) is 0 Å². The Kier molecular flexibility index (Phi) is 3.30. The van der Waals surface area contributed by atoms with E-state index in [1.54, 1.807) is 0 Å². The Labute approximate surface area is 37.0 Å². The van der Waals surface area contributed by atoms with Crippen molar-refractivity contribution in [1.82, 2.24) is 0 Å². The summed E-state index contributed by atoms with van der Waals surface area (Å²) in [6.07, 6.45) is 0. The van der Waals surface area contributed by atoms with E-state index in [0.29, 0.717) is 13.1 Å². The van der Waals surface area contributed by atoms with Crippen LogP contribution in [0.15, 0.2) is 0 Å². The summed E-state index contributed by atoms with van der Waals surface area (Å²) in [5.74, 6) is 0. The molecule has 0 unspecified atom stereocenters. The molecule has 30 valence electrons. The summed E-state index contributed by atoms with van der Waals surface area (Å²) in [6, 6.07) is 0. The molecule has 0 bridgehead atoms. The fourth-order valence-corrected chi connectivity index (χ4v) is 0.1000. The lowest BCUT2D eigenvalue weighted by molar-refractivity contribution is 1.24. The minimum atomic E-state index is 0.351. The minimum absolute atomic E-state index is 0.351. The summed E-state index contributed by atoms with van der Waals surface area (Å²) in [4.78, 5) is 5.92. The number of hydrogen-bond acceptors (Lipinski definition) is 0. The fraction of sp³-hybridized carbons (Fsp3) is 0.500. The predicted octanol–water partition coefficient (Wildman–Crippen LogP) is 0.825. The van der Waals surface area contributed by atoms with Crippen molar-refractivity contribution in [2.45, 2.75) is 0 Å². The Balaban J connectivity index is 2.78. The van der Waals surface area contributed by atoms with E-state index in [9.17, 15) is 0 Å². The lowest BCUT2D eigenvalue weighted by Gasteiger charge is -1.63. The van der Waals surface area contributed by atoms with Crippen molar-refractivity contribution in [2.24, 2.45) is 0 Å². The summed E-state index contributed by atoms with van der Waals surface area (Å²) in [6.45, 7) is 13.1. The maximum absolute atomic E-state index is 6.19. The molecular weight excluding hydrogens is 76.1 g/mol. The molecule has 0 aliphatic rings. The van der Waals surface area contributed by atoms with Crippen LogP contribution in [0.1, 0.15) is 0 Å². The van der Waals surface area contributed by atoms with E-state index in [1.165, 1.54) is 0 Å². The summed E-state index contributed by atoms with van der Waals surface area (Å²) in [7, 11) is 0. The first-order valence-electron chi connectivity index (χ1n) is 1.58. The van der Waals surface area contributed by atoms with Crippen molar-refractivity contribution < 1.29 is 0 Å². The second kappa shape index (κ2) is 3.98. The smallest absolute Gasteiger partial charge is 0.285 e. The zero-order valence-corrected chi connectivity index (χ0v) is 3.31. The van der Waals surface area contributed by atoms with Crippen molar-refractivity contribution >= 4 is 0 Å². The third-order valence-electron chi connectivity index (χ3n) is 0.324. The molecule has 0 fully saturated rings. The number of nitrogens with zero attached hydrogens (tertiary/aromatic N) is 2. The molecule has 0 radical (unpaired) electrons. The molecule has 6 heavy (non-hydrogen) atoms. The average Bonchev–Trinajstić information content (AvgIpc) is 1.61. The standard InChI is InChI=1S/C4H4N2/c1-5-3-4-6-2/h3-4H2. The first-order chi connectivity index (χ1) is 2.91. The Bertz CT molecular complexity index is 79.1. The maximum Gasteiger partial charge on any atom is 0.285 e. The maximum atomic E-state index is 6.19. The monoisotopic (exact) mass is 80.0 g/mol. The summed E-state index contributed by atoms with van der Waals surface area (Å²) < 4.78 is 0. The van der Waals surface area contributed by atoms with Crippen LogP contribution in [0.5, 0.6) is 0 Å². The molecule has 2 heteroatoms. The van der Waals surface area contributed by atoms with Crippen LogP contribution in [0.3, 0.4) is 0 Å². The van der Waals surface area contributed by atoms with Crippen LogP contribution in [0.2, 0.25) is 0 Å². The summed E-state index contributed by atoms with van der Waals surface area (Å²) in [5, 5.41) is 0. The van der Waals surface area contributed by atoms with E-state index in [4.69, 9.17) is 13.1 Å². The van der Waals surface area contributed by atoms with E-state index in [-0.39, 0.29) is 0 Å². The first kappa shape index (κ1) is 4.98. The van der Waals surface area contributed by atoms with Gasteiger partial charge in [0, 0.05) is 0 Å². The van der Waals surface area contributed by atoms with E-state index in [2.05, 4.69) is 9.69 Å². The van der Waals surface area contributed by atoms with Gasteiger partial charge in [0.25, 0.3) is 13.1 Å². The van der Waals surface area contributed by atoms with Gasteiger partial charge in [-0.3, -0.25) is 0 Å². The average molecular weight is 80.1 g/mol. The Hall–Kier alpha value is -1.02. The van der Waals surface area contributed by atoms with Gasteiger partial charge in [-0.05, 0) is 0 Å². The van der Waals surface area contributed by atoms with Crippen molar-refractivity contribution in [3.05, 3.63) is 22.8 Å². The van der Waals surface area contributed by atoms with Crippen molar-refractivity contribution in [3.63, 3.8) is 0 Å². The molecule has 0 spiro atoms. The van der Waals surface area contributed by atoms with Gasteiger partial charge in [-0.2, -0.15) is 0 Å². The lowest BCUT2D eigenvalue weighted by Crippen LogP contribution is -1.74. The van der Waals surface area contributed by atoms with Crippen LogP contribution in [-0.4, -0.2) is 13.1 Å². The molecule has 0 aromatic heterocycles. The molecule has 0 rings (SSSR count). The molecule has 0 aromatic carbocycles. The molecule has 0 aromatic rings. The largest absolute Gasteiger partial charge is 0.309 e. The van der Waals surface area contributed by atoms with Gasteiger partial charge in [-0.15, -0.1) is 0 Å². The van der Waals surface area contributed by atoms with Gasteiger partial charge in [0.05, 0.1) is 0 Å². The van der Waals surface area contributed by atoms with Crippen LogP contribution >= 0.6 is 0 Å². The van der Waals surface area contributed by atoms with E-state index < -0.39 is 0 Å². The summed E-state index contributed by atoms with van der Waals surface area (Å²) in [5.41, 5.74) is 0. The highest BCUT2D eigenvalue weighted by molar-refractivity contribution is 4.68. The topological polar surface area (TPSA) is 8.72 Å². The molecule has 0 amide bonds. The molecule has 0 aliphatic heterocycles. The Morgan fingerprint density at radius 3 is 1.50 bits per heavy atom. The molecular formula is C4H4N2.